The summed E-state index contributed by atoms with van der Waals surface area (Å²) in [5.41, 5.74) is 6.86. The number of pyridine rings is 1. The second kappa shape index (κ2) is 7.99. The van der Waals surface area contributed by atoms with E-state index in [-0.39, 0.29) is 22.5 Å². The zero-order valence-corrected chi connectivity index (χ0v) is 14.5. The number of nitrogens with zero attached hydrogens (tertiary/aromatic N) is 1. The Balaban J connectivity index is 1.84. The summed E-state index contributed by atoms with van der Waals surface area (Å²) in [5, 5.41) is 0.161. The fourth-order valence-electron chi connectivity index (χ4n) is 1.78. The van der Waals surface area contributed by atoms with Crippen LogP contribution in [0.25, 0.3) is 0 Å². The first kappa shape index (κ1) is 18.0. The summed E-state index contributed by atoms with van der Waals surface area (Å²) in [6.07, 6.45) is 0. The number of amides is 2. The molecule has 0 atom stereocenters. The molecule has 2 rings (SSSR count). The highest BCUT2D eigenvalue weighted by molar-refractivity contribution is 6.33. The maximum Gasteiger partial charge on any atom is 0.276 e. The lowest BCUT2D eigenvalue weighted by Gasteiger charge is -2.10. The van der Waals surface area contributed by atoms with Crippen LogP contribution in [0.3, 0.4) is 0 Å². The number of hydrazine groups is 1. The zero-order valence-electron chi connectivity index (χ0n) is 13.0. The van der Waals surface area contributed by atoms with Crippen molar-refractivity contribution in [3.63, 3.8) is 0 Å². The minimum atomic E-state index is -0.569. The lowest BCUT2D eigenvalue weighted by atomic mass is 10.1. The molecule has 1 heterocycles. The Kier molecular flexibility index (Phi) is 6.00. The maximum absolute atomic E-state index is 11.9. The lowest BCUT2D eigenvalue weighted by molar-refractivity contribution is -0.123. The second-order valence-electron chi connectivity index (χ2n) is 5.04. The summed E-state index contributed by atoms with van der Waals surface area (Å²) in [4.78, 5) is 27.4. The molecule has 1 aromatic heterocycles. The number of rotatable bonds is 4. The van der Waals surface area contributed by atoms with Gasteiger partial charge >= 0.3 is 0 Å². The first-order valence-electron chi connectivity index (χ1n) is 6.97. The summed E-state index contributed by atoms with van der Waals surface area (Å²) in [7, 11) is 0. The Morgan fingerprint density at radius 1 is 1.04 bits per heavy atom. The summed E-state index contributed by atoms with van der Waals surface area (Å²) in [6, 6.07) is 8.18. The second-order valence-corrected chi connectivity index (χ2v) is 5.81. The third-order valence-corrected chi connectivity index (χ3v) is 3.58. The van der Waals surface area contributed by atoms with Crippen LogP contribution in [0, 0.1) is 13.8 Å². The molecule has 0 fully saturated rings. The predicted molar refractivity (Wildman–Crippen MR) is 91.3 cm³/mol. The van der Waals surface area contributed by atoms with E-state index in [0.717, 1.165) is 11.1 Å². The van der Waals surface area contributed by atoms with Gasteiger partial charge in [0.25, 0.3) is 11.8 Å². The van der Waals surface area contributed by atoms with Crippen molar-refractivity contribution in [1.82, 2.24) is 15.8 Å². The lowest BCUT2D eigenvalue weighted by Crippen LogP contribution is -2.43. The average Bonchev–Trinajstić information content (AvgIpc) is 2.52. The normalized spacial score (nSPS) is 10.2. The van der Waals surface area contributed by atoms with E-state index < -0.39 is 11.8 Å². The molecule has 0 bridgehead atoms. The van der Waals surface area contributed by atoms with Gasteiger partial charge in [0, 0.05) is 5.56 Å². The van der Waals surface area contributed by atoms with Crippen LogP contribution >= 0.6 is 23.2 Å². The van der Waals surface area contributed by atoms with Crippen LogP contribution in [-0.4, -0.2) is 23.4 Å². The van der Waals surface area contributed by atoms with E-state index in [1.54, 1.807) is 6.07 Å². The van der Waals surface area contributed by atoms with Crippen molar-refractivity contribution in [1.29, 1.82) is 0 Å². The molecule has 6 nitrogen and oxygen atoms in total. The topological polar surface area (TPSA) is 80.3 Å². The van der Waals surface area contributed by atoms with Gasteiger partial charge in [-0.3, -0.25) is 20.4 Å². The molecule has 2 amide bonds. The number of aromatic nitrogens is 1. The van der Waals surface area contributed by atoms with Gasteiger partial charge in [-0.25, -0.2) is 4.98 Å². The van der Waals surface area contributed by atoms with Crippen LogP contribution in [0.4, 0.5) is 0 Å². The monoisotopic (exact) mass is 367 g/mol. The van der Waals surface area contributed by atoms with Crippen LogP contribution in [0.2, 0.25) is 10.3 Å². The number of hydrogen-bond acceptors (Lipinski definition) is 4. The summed E-state index contributed by atoms with van der Waals surface area (Å²) < 4.78 is 5.36. The third-order valence-electron chi connectivity index (χ3n) is 3.19. The van der Waals surface area contributed by atoms with Gasteiger partial charge in [-0.2, -0.15) is 0 Å². The SMILES string of the molecule is Cc1ccc(OCC(=O)NNC(=O)c2cc(Cl)nc(Cl)c2)cc1C. The van der Waals surface area contributed by atoms with Gasteiger partial charge in [-0.05, 0) is 49.2 Å². The number of carbonyl (C=O) groups excluding carboxylic acids is 2. The van der Waals surface area contributed by atoms with E-state index >= 15 is 0 Å². The Bertz CT molecular complexity index is 761. The molecule has 2 aromatic rings. The molecule has 126 valence electrons. The first-order chi connectivity index (χ1) is 11.3. The molecular weight excluding hydrogens is 353 g/mol. The van der Waals surface area contributed by atoms with E-state index in [0.29, 0.717) is 5.75 Å². The molecule has 0 saturated carbocycles. The predicted octanol–water partition coefficient (Wildman–Crippen LogP) is 2.85. The summed E-state index contributed by atoms with van der Waals surface area (Å²) in [6.45, 7) is 3.70. The van der Waals surface area contributed by atoms with Crippen LogP contribution in [0.15, 0.2) is 30.3 Å². The van der Waals surface area contributed by atoms with Crippen molar-refractivity contribution in [2.75, 3.05) is 6.61 Å². The van der Waals surface area contributed by atoms with Crippen LogP contribution in [-0.2, 0) is 4.79 Å². The van der Waals surface area contributed by atoms with E-state index in [2.05, 4.69) is 15.8 Å². The fourth-order valence-corrected chi connectivity index (χ4v) is 2.24. The number of benzene rings is 1. The number of carbonyl (C=O) groups is 2. The van der Waals surface area contributed by atoms with Gasteiger partial charge < -0.3 is 4.74 Å². The smallest absolute Gasteiger partial charge is 0.276 e. The van der Waals surface area contributed by atoms with Crippen molar-refractivity contribution in [3.8, 4) is 5.75 Å². The third kappa shape index (κ3) is 5.11. The van der Waals surface area contributed by atoms with Crippen LogP contribution < -0.4 is 15.6 Å². The van der Waals surface area contributed by atoms with E-state index in [1.165, 1.54) is 12.1 Å². The molecule has 2 N–H and O–H groups in total. The highest BCUT2D eigenvalue weighted by Crippen LogP contribution is 2.16. The molecule has 24 heavy (non-hydrogen) atoms. The van der Waals surface area contributed by atoms with Crippen molar-refractivity contribution >= 4 is 35.0 Å². The van der Waals surface area contributed by atoms with Crippen LogP contribution in [0.5, 0.6) is 5.75 Å². The highest BCUT2D eigenvalue weighted by atomic mass is 35.5. The van der Waals surface area contributed by atoms with Crippen LogP contribution in [0.1, 0.15) is 21.5 Å². The summed E-state index contributed by atoms with van der Waals surface area (Å²) in [5.74, 6) is -0.499. The largest absolute Gasteiger partial charge is 0.484 e. The fraction of sp³-hybridized carbons (Fsp3) is 0.188. The highest BCUT2D eigenvalue weighted by Gasteiger charge is 2.10. The van der Waals surface area contributed by atoms with Crippen molar-refractivity contribution in [3.05, 3.63) is 57.3 Å². The van der Waals surface area contributed by atoms with E-state index in [1.807, 2.05) is 26.0 Å². The molecule has 0 aliphatic rings. The van der Waals surface area contributed by atoms with Gasteiger partial charge in [-0.15, -0.1) is 0 Å². The maximum atomic E-state index is 11.9. The Labute approximate surface area is 149 Å². The number of nitrogens with one attached hydrogen (secondary N) is 2. The van der Waals surface area contributed by atoms with E-state index in [9.17, 15) is 9.59 Å². The molecule has 0 unspecified atom stereocenters. The molecule has 0 aliphatic heterocycles. The average molecular weight is 368 g/mol. The Morgan fingerprint density at radius 3 is 2.33 bits per heavy atom. The standard InChI is InChI=1S/C16H15Cl2N3O3/c1-9-3-4-12(5-10(9)2)24-8-15(22)20-21-16(23)11-6-13(17)19-14(18)7-11/h3-7H,8H2,1-2H3,(H,20,22)(H,21,23). The minimum absolute atomic E-state index is 0.0806. The molecular formula is C16H15Cl2N3O3. The Morgan fingerprint density at radius 2 is 1.71 bits per heavy atom. The number of halogens is 2. The van der Waals surface area contributed by atoms with Crippen molar-refractivity contribution in [2.24, 2.45) is 0 Å². The molecule has 8 heteroatoms. The van der Waals surface area contributed by atoms with E-state index in [4.69, 9.17) is 27.9 Å². The van der Waals surface area contributed by atoms with Gasteiger partial charge in [0.2, 0.25) is 0 Å². The number of ether oxygens (including phenoxy) is 1. The van der Waals surface area contributed by atoms with Crippen molar-refractivity contribution in [2.45, 2.75) is 13.8 Å². The molecule has 0 radical (unpaired) electrons. The molecule has 0 saturated heterocycles. The van der Waals surface area contributed by atoms with Gasteiger partial charge in [-0.1, -0.05) is 29.3 Å². The Hall–Kier alpha value is -2.31. The molecule has 0 aliphatic carbocycles. The van der Waals surface area contributed by atoms with Gasteiger partial charge in [0.1, 0.15) is 16.1 Å². The van der Waals surface area contributed by atoms with Gasteiger partial charge in [0.15, 0.2) is 6.61 Å². The van der Waals surface area contributed by atoms with Gasteiger partial charge in [0.05, 0.1) is 0 Å². The number of hydrogen-bond donors (Lipinski definition) is 2. The first-order valence-corrected chi connectivity index (χ1v) is 7.73. The minimum Gasteiger partial charge on any atom is -0.484 e. The summed E-state index contributed by atoms with van der Waals surface area (Å²) >= 11 is 11.4. The quantitative estimate of drug-likeness (QED) is 0.643. The number of aryl methyl sites for hydroxylation is 2. The molecule has 0 spiro atoms. The van der Waals surface area contributed by atoms with Crippen molar-refractivity contribution < 1.29 is 14.3 Å². The zero-order chi connectivity index (χ0) is 17.7. The molecule has 1 aromatic carbocycles.